The summed E-state index contributed by atoms with van der Waals surface area (Å²) < 4.78 is 10.3. The summed E-state index contributed by atoms with van der Waals surface area (Å²) in [7, 11) is 1.54. The number of hydrogen-bond acceptors (Lipinski definition) is 4. The maximum Gasteiger partial charge on any atom is 0.232 e. The Kier molecular flexibility index (Phi) is 2.76. The first kappa shape index (κ1) is 10.5. The first-order valence-electron chi connectivity index (χ1n) is 4.81. The van der Waals surface area contributed by atoms with Gasteiger partial charge in [0.05, 0.1) is 19.2 Å². The number of nitrogens with one attached hydrogen (secondary N) is 1. The highest BCUT2D eigenvalue weighted by atomic mass is 16.5. The largest absolute Gasteiger partial charge is 0.497 e. The summed E-state index contributed by atoms with van der Waals surface area (Å²) in [6.07, 6.45) is -0.156. The second-order valence-corrected chi connectivity index (χ2v) is 3.41. The van der Waals surface area contributed by atoms with Gasteiger partial charge in [0.25, 0.3) is 0 Å². The molecule has 1 aliphatic heterocycles. The molecule has 5 nitrogen and oxygen atoms in total. The van der Waals surface area contributed by atoms with E-state index in [9.17, 15) is 9.59 Å². The summed E-state index contributed by atoms with van der Waals surface area (Å²) >= 11 is 0. The molecule has 1 aliphatic rings. The molecule has 0 fully saturated rings. The van der Waals surface area contributed by atoms with Crippen LogP contribution in [0.5, 0.6) is 11.5 Å². The monoisotopic (exact) mass is 221 g/mol. The molecule has 0 aromatic heterocycles. The molecule has 0 saturated carbocycles. The third-order valence-electron chi connectivity index (χ3n) is 2.21. The molecule has 1 heterocycles. The maximum atomic E-state index is 11.4. The summed E-state index contributed by atoms with van der Waals surface area (Å²) in [6, 6.07) is 5.02. The van der Waals surface area contributed by atoms with E-state index in [0.29, 0.717) is 17.2 Å². The summed E-state index contributed by atoms with van der Waals surface area (Å²) in [5, 5.41) is 2.60. The van der Waals surface area contributed by atoms with Gasteiger partial charge < -0.3 is 14.8 Å². The lowest BCUT2D eigenvalue weighted by Crippen LogP contribution is -2.24. The minimum absolute atomic E-state index is 0.0766. The van der Waals surface area contributed by atoms with Crippen molar-refractivity contribution in [1.29, 1.82) is 0 Å². The smallest absolute Gasteiger partial charge is 0.232 e. The van der Waals surface area contributed by atoms with Gasteiger partial charge in [0, 0.05) is 6.07 Å². The van der Waals surface area contributed by atoms with Gasteiger partial charge in [0.2, 0.25) is 5.91 Å². The highest BCUT2D eigenvalue weighted by Crippen LogP contribution is 2.30. The Bertz CT molecular complexity index is 442. The van der Waals surface area contributed by atoms with Crippen molar-refractivity contribution in [3.63, 3.8) is 0 Å². The topological polar surface area (TPSA) is 64.6 Å². The van der Waals surface area contributed by atoms with E-state index in [2.05, 4.69) is 5.32 Å². The summed E-state index contributed by atoms with van der Waals surface area (Å²) in [6.45, 7) is -0.0766. The van der Waals surface area contributed by atoms with Crippen LogP contribution in [0.4, 0.5) is 5.69 Å². The molecule has 1 N–H and O–H groups in total. The Morgan fingerprint density at radius 3 is 2.94 bits per heavy atom. The third kappa shape index (κ3) is 2.13. The number of carbonyl (C=O) groups excluding carboxylic acids is 2. The number of amides is 1. The third-order valence-corrected chi connectivity index (χ3v) is 2.21. The molecule has 1 aromatic rings. The minimum Gasteiger partial charge on any atom is -0.497 e. The van der Waals surface area contributed by atoms with E-state index in [1.165, 1.54) is 7.11 Å². The second-order valence-electron chi connectivity index (χ2n) is 3.41. The predicted molar refractivity (Wildman–Crippen MR) is 56.7 cm³/mol. The van der Waals surface area contributed by atoms with Crippen LogP contribution in [0.2, 0.25) is 0 Å². The van der Waals surface area contributed by atoms with Gasteiger partial charge in [-0.05, 0) is 12.1 Å². The van der Waals surface area contributed by atoms with Gasteiger partial charge in [-0.15, -0.1) is 0 Å². The molecule has 1 aromatic carbocycles. The van der Waals surface area contributed by atoms with E-state index >= 15 is 0 Å². The van der Waals surface area contributed by atoms with Crippen LogP contribution in [-0.4, -0.2) is 25.4 Å². The average molecular weight is 221 g/mol. The van der Waals surface area contributed by atoms with E-state index in [-0.39, 0.29) is 24.7 Å². The molecular formula is C11H11NO4. The van der Waals surface area contributed by atoms with Crippen LogP contribution in [0.15, 0.2) is 18.2 Å². The van der Waals surface area contributed by atoms with Gasteiger partial charge in [-0.1, -0.05) is 0 Å². The van der Waals surface area contributed by atoms with E-state index in [4.69, 9.17) is 9.47 Å². The highest BCUT2D eigenvalue weighted by Gasteiger charge is 2.17. The van der Waals surface area contributed by atoms with Crippen molar-refractivity contribution in [2.75, 3.05) is 19.0 Å². The Hall–Kier alpha value is -2.04. The molecular weight excluding hydrogens is 210 g/mol. The molecule has 0 spiro atoms. The fourth-order valence-electron chi connectivity index (χ4n) is 1.44. The number of hydrogen-bond donors (Lipinski definition) is 1. The summed E-state index contributed by atoms with van der Waals surface area (Å²) in [4.78, 5) is 22.5. The van der Waals surface area contributed by atoms with Gasteiger partial charge in [0.1, 0.15) is 18.1 Å². The number of anilines is 1. The number of Topliss-reactive ketones (excluding diaryl/α,β-unsaturated/α-hetero) is 1. The molecule has 0 unspecified atom stereocenters. The average Bonchev–Trinajstić information content (AvgIpc) is 2.25. The summed E-state index contributed by atoms with van der Waals surface area (Å²) in [5.41, 5.74) is 0.525. The van der Waals surface area contributed by atoms with E-state index in [1.54, 1.807) is 18.2 Å². The number of ether oxygens (including phenoxy) is 2. The van der Waals surface area contributed by atoms with Crippen molar-refractivity contribution >= 4 is 17.4 Å². The second kappa shape index (κ2) is 4.22. The zero-order chi connectivity index (χ0) is 11.5. The van der Waals surface area contributed by atoms with E-state index in [0.717, 1.165) is 0 Å². The number of rotatable bonds is 1. The van der Waals surface area contributed by atoms with Crippen LogP contribution < -0.4 is 14.8 Å². The van der Waals surface area contributed by atoms with Crippen molar-refractivity contribution in [3.05, 3.63) is 18.2 Å². The van der Waals surface area contributed by atoms with Crippen molar-refractivity contribution in [3.8, 4) is 11.5 Å². The van der Waals surface area contributed by atoms with Gasteiger partial charge in [-0.3, -0.25) is 9.59 Å². The minimum atomic E-state index is -0.331. The highest BCUT2D eigenvalue weighted by molar-refractivity contribution is 6.06. The molecule has 0 atom stereocenters. The number of benzene rings is 1. The van der Waals surface area contributed by atoms with E-state index in [1.807, 2.05) is 0 Å². The van der Waals surface area contributed by atoms with E-state index < -0.39 is 0 Å². The lowest BCUT2D eigenvalue weighted by molar-refractivity contribution is -0.127. The molecule has 1 amide bonds. The zero-order valence-corrected chi connectivity index (χ0v) is 8.78. The normalized spacial score (nSPS) is 15.3. The number of ketones is 1. The van der Waals surface area contributed by atoms with Crippen LogP contribution in [0.25, 0.3) is 0 Å². The first-order valence-corrected chi connectivity index (χ1v) is 4.81. The van der Waals surface area contributed by atoms with Crippen LogP contribution in [0.3, 0.4) is 0 Å². The molecule has 0 bridgehead atoms. The Balaban J connectivity index is 2.34. The van der Waals surface area contributed by atoms with Gasteiger partial charge in [0.15, 0.2) is 5.78 Å². The molecule has 5 heteroatoms. The Morgan fingerprint density at radius 2 is 2.19 bits per heavy atom. The number of carbonyl (C=O) groups is 2. The molecule has 2 rings (SSSR count). The first-order chi connectivity index (χ1) is 7.69. The van der Waals surface area contributed by atoms with Gasteiger partial charge in [-0.2, -0.15) is 0 Å². The number of methoxy groups -OCH3 is 1. The summed E-state index contributed by atoms with van der Waals surface area (Å²) in [5.74, 6) is 0.526. The van der Waals surface area contributed by atoms with Crippen molar-refractivity contribution < 1.29 is 19.1 Å². The molecule has 0 saturated heterocycles. The van der Waals surface area contributed by atoms with Crippen molar-refractivity contribution in [1.82, 2.24) is 0 Å². The van der Waals surface area contributed by atoms with Crippen molar-refractivity contribution in [2.45, 2.75) is 6.42 Å². The quantitative estimate of drug-likeness (QED) is 0.718. The van der Waals surface area contributed by atoms with Gasteiger partial charge in [-0.25, -0.2) is 0 Å². The zero-order valence-electron chi connectivity index (χ0n) is 8.78. The molecule has 16 heavy (non-hydrogen) atoms. The van der Waals surface area contributed by atoms with Crippen LogP contribution in [0.1, 0.15) is 6.42 Å². The Labute approximate surface area is 92.4 Å². The fourth-order valence-corrected chi connectivity index (χ4v) is 1.44. The maximum absolute atomic E-state index is 11.4. The fraction of sp³-hybridized carbons (Fsp3) is 0.273. The SMILES string of the molecule is COc1ccc2c(c1)NC(=O)CC(=O)CO2. The van der Waals surface area contributed by atoms with Crippen molar-refractivity contribution in [2.24, 2.45) is 0 Å². The number of fused-ring (bicyclic) bond motifs is 1. The van der Waals surface area contributed by atoms with Crippen LogP contribution in [0, 0.1) is 0 Å². The van der Waals surface area contributed by atoms with Crippen LogP contribution >= 0.6 is 0 Å². The lowest BCUT2D eigenvalue weighted by atomic mass is 10.2. The van der Waals surface area contributed by atoms with Crippen LogP contribution in [-0.2, 0) is 9.59 Å². The standard InChI is InChI=1S/C11H11NO4/c1-15-8-2-3-10-9(5-8)12-11(14)4-7(13)6-16-10/h2-3,5H,4,6H2,1H3,(H,12,14). The Morgan fingerprint density at radius 1 is 1.38 bits per heavy atom. The molecule has 0 radical (unpaired) electrons. The molecule has 0 aliphatic carbocycles. The lowest BCUT2D eigenvalue weighted by Gasteiger charge is -2.16. The van der Waals surface area contributed by atoms with Gasteiger partial charge >= 0.3 is 0 Å². The molecule has 84 valence electrons. The predicted octanol–water partition coefficient (Wildman–Crippen LogP) is 0.985.